The maximum atomic E-state index is 13.2. The minimum absolute atomic E-state index is 0.0618. The van der Waals surface area contributed by atoms with Crippen LogP contribution in [-0.2, 0) is 9.59 Å². The lowest BCUT2D eigenvalue weighted by atomic mass is 9.83. The van der Waals surface area contributed by atoms with E-state index in [4.69, 9.17) is 0 Å². The summed E-state index contributed by atoms with van der Waals surface area (Å²) in [5, 5.41) is 18.8. The maximum absolute atomic E-state index is 13.2. The summed E-state index contributed by atoms with van der Waals surface area (Å²) in [6.45, 7) is 4.17. The molecule has 2 aromatic carbocycles. The van der Waals surface area contributed by atoms with E-state index in [2.05, 4.69) is 16.1 Å². The van der Waals surface area contributed by atoms with Gasteiger partial charge in [-0.3, -0.25) is 30.0 Å². The molecule has 2 aliphatic heterocycles. The number of nitrogens with zero attached hydrogens (tertiary/aromatic N) is 2. The van der Waals surface area contributed by atoms with Gasteiger partial charge in [0.05, 0.1) is 16.5 Å². The molecule has 156 valence electrons. The topological polar surface area (TPSA) is 117 Å². The summed E-state index contributed by atoms with van der Waals surface area (Å²) in [7, 11) is 0. The van der Waals surface area contributed by atoms with E-state index in [9.17, 15) is 19.7 Å². The number of non-ortho nitro benzene ring substituents is 1. The highest BCUT2D eigenvalue weighted by molar-refractivity contribution is 6.09. The Labute approximate surface area is 173 Å². The Hall–Kier alpha value is -3.30. The van der Waals surface area contributed by atoms with E-state index in [-0.39, 0.29) is 36.1 Å². The highest BCUT2D eigenvalue weighted by Crippen LogP contribution is 2.32. The normalized spacial score (nSPS) is 25.7. The molecule has 0 aromatic heterocycles. The molecule has 0 spiro atoms. The Kier molecular flexibility index (Phi) is 5.23. The number of aryl methyl sites for hydroxylation is 1. The van der Waals surface area contributed by atoms with Crippen LogP contribution in [0.3, 0.4) is 0 Å². The molecular weight excluding hydrogens is 386 g/mol. The lowest BCUT2D eigenvalue weighted by Crippen LogP contribution is -2.58. The zero-order chi connectivity index (χ0) is 21.4. The maximum Gasteiger partial charge on any atom is 0.269 e. The summed E-state index contributed by atoms with van der Waals surface area (Å²) < 4.78 is 0. The number of ketones is 1. The van der Waals surface area contributed by atoms with Crippen LogP contribution in [-0.4, -0.2) is 35.4 Å². The first kappa shape index (κ1) is 20.0. The molecule has 4 unspecified atom stereocenters. The molecule has 0 saturated carbocycles. The molecule has 2 saturated heterocycles. The van der Waals surface area contributed by atoms with Crippen molar-refractivity contribution in [3.8, 4) is 0 Å². The number of hydrazine groups is 1. The monoisotopic (exact) mass is 409 g/mol. The van der Waals surface area contributed by atoms with Gasteiger partial charge in [0, 0.05) is 30.4 Å². The fourth-order valence-electron chi connectivity index (χ4n) is 4.06. The number of carbonyl (C=O) groups excluding carboxylic acids is 2. The number of rotatable bonds is 4. The molecule has 2 aromatic rings. The summed E-state index contributed by atoms with van der Waals surface area (Å²) in [5.41, 5.74) is 5.80. The highest BCUT2D eigenvalue weighted by atomic mass is 16.6. The van der Waals surface area contributed by atoms with E-state index in [1.165, 1.54) is 24.3 Å². The van der Waals surface area contributed by atoms with Crippen molar-refractivity contribution in [1.82, 2.24) is 10.7 Å². The lowest BCUT2D eigenvalue weighted by Gasteiger charge is -2.35. The third kappa shape index (κ3) is 3.64. The quantitative estimate of drug-likeness (QED) is 0.402. The van der Waals surface area contributed by atoms with Crippen LogP contribution in [0.1, 0.15) is 12.5 Å². The molecule has 3 N–H and O–H groups in total. The van der Waals surface area contributed by atoms with Crippen molar-refractivity contribution in [2.75, 3.05) is 16.9 Å². The van der Waals surface area contributed by atoms with Gasteiger partial charge in [-0.25, -0.2) is 5.43 Å². The van der Waals surface area contributed by atoms with Crippen LogP contribution in [0.2, 0.25) is 0 Å². The second-order valence-corrected chi connectivity index (χ2v) is 7.75. The number of anilines is 2. The van der Waals surface area contributed by atoms with Gasteiger partial charge in [0.15, 0.2) is 5.78 Å². The number of hydrogen-bond acceptors (Lipinski definition) is 7. The van der Waals surface area contributed by atoms with Crippen LogP contribution in [0.25, 0.3) is 0 Å². The average molecular weight is 409 g/mol. The number of amides is 1. The summed E-state index contributed by atoms with van der Waals surface area (Å²) in [4.78, 5) is 36.2. The minimum atomic E-state index is -0.830. The molecule has 2 fully saturated rings. The van der Waals surface area contributed by atoms with E-state index in [0.29, 0.717) is 5.69 Å². The zero-order valence-electron chi connectivity index (χ0n) is 16.7. The number of nitro benzene ring substituents is 1. The Morgan fingerprint density at radius 1 is 1.17 bits per heavy atom. The number of carbonyl (C=O) groups is 2. The number of hydrogen-bond donors (Lipinski definition) is 3. The SMILES string of the molecule is Cc1ccc(N2NC(C)C3C(=O)C(C(=O)Nc4ccc([N+](=O)[O-])cc4)CNC32)cc1. The Bertz CT molecular complexity index is 976. The van der Waals surface area contributed by atoms with Gasteiger partial charge in [0.2, 0.25) is 5.91 Å². The number of Topliss-reactive ketones (excluding diaryl/α,β-unsaturated/α-hetero) is 1. The van der Waals surface area contributed by atoms with Crippen molar-refractivity contribution in [3.63, 3.8) is 0 Å². The molecule has 4 rings (SSSR count). The van der Waals surface area contributed by atoms with Crippen LogP contribution in [0.15, 0.2) is 48.5 Å². The van der Waals surface area contributed by atoms with Gasteiger partial charge in [0.1, 0.15) is 12.1 Å². The third-order valence-corrected chi connectivity index (χ3v) is 5.68. The fourth-order valence-corrected chi connectivity index (χ4v) is 4.06. The van der Waals surface area contributed by atoms with Gasteiger partial charge in [0.25, 0.3) is 5.69 Å². The predicted octanol–water partition coefficient (Wildman–Crippen LogP) is 1.99. The van der Waals surface area contributed by atoms with Crippen LogP contribution in [0.4, 0.5) is 17.1 Å². The van der Waals surface area contributed by atoms with E-state index < -0.39 is 16.7 Å². The van der Waals surface area contributed by atoms with E-state index in [0.717, 1.165) is 11.3 Å². The summed E-state index contributed by atoms with van der Waals surface area (Å²) in [6.07, 6.45) is -0.237. The molecule has 2 aliphatic rings. The number of nitro groups is 1. The molecule has 2 heterocycles. The largest absolute Gasteiger partial charge is 0.325 e. The average Bonchev–Trinajstić information content (AvgIpc) is 3.06. The molecule has 0 bridgehead atoms. The molecule has 0 radical (unpaired) electrons. The van der Waals surface area contributed by atoms with Crippen molar-refractivity contribution < 1.29 is 14.5 Å². The zero-order valence-corrected chi connectivity index (χ0v) is 16.7. The van der Waals surface area contributed by atoms with Gasteiger partial charge in [-0.05, 0) is 38.1 Å². The van der Waals surface area contributed by atoms with Crippen molar-refractivity contribution in [3.05, 3.63) is 64.2 Å². The molecule has 0 aliphatic carbocycles. The first-order valence-electron chi connectivity index (χ1n) is 9.79. The number of fused-ring (bicyclic) bond motifs is 1. The Morgan fingerprint density at radius 3 is 2.47 bits per heavy atom. The Morgan fingerprint density at radius 2 is 1.83 bits per heavy atom. The number of nitrogens with one attached hydrogen (secondary N) is 3. The van der Waals surface area contributed by atoms with Gasteiger partial charge in [-0.2, -0.15) is 0 Å². The number of piperidine rings is 1. The molecule has 9 nitrogen and oxygen atoms in total. The van der Waals surface area contributed by atoms with Crippen LogP contribution < -0.4 is 21.1 Å². The first-order chi connectivity index (χ1) is 14.3. The van der Waals surface area contributed by atoms with Crippen LogP contribution >= 0.6 is 0 Å². The lowest BCUT2D eigenvalue weighted by molar-refractivity contribution is -0.384. The molecular formula is C21H23N5O4. The van der Waals surface area contributed by atoms with Gasteiger partial charge in [-0.15, -0.1) is 0 Å². The summed E-state index contributed by atoms with van der Waals surface area (Å²) in [6, 6.07) is 13.4. The second kappa shape index (κ2) is 7.85. The summed E-state index contributed by atoms with van der Waals surface area (Å²) in [5.74, 6) is -1.75. The minimum Gasteiger partial charge on any atom is -0.325 e. The van der Waals surface area contributed by atoms with Gasteiger partial charge < -0.3 is 5.32 Å². The predicted molar refractivity (Wildman–Crippen MR) is 112 cm³/mol. The molecule has 1 amide bonds. The molecule has 9 heteroatoms. The Balaban J connectivity index is 1.47. The number of benzene rings is 2. The van der Waals surface area contributed by atoms with Gasteiger partial charge >= 0.3 is 0 Å². The van der Waals surface area contributed by atoms with Crippen LogP contribution in [0, 0.1) is 28.9 Å². The van der Waals surface area contributed by atoms with Gasteiger partial charge in [-0.1, -0.05) is 17.7 Å². The van der Waals surface area contributed by atoms with Crippen molar-refractivity contribution in [2.45, 2.75) is 26.1 Å². The standard InChI is InChI=1S/C21H23N5O4/c1-12-3-7-15(8-4-12)25-20-18(13(2)24-25)19(27)17(11-22-20)21(28)23-14-5-9-16(10-6-14)26(29)30/h3-10,13,17-18,20,22,24H,11H2,1-2H3,(H,23,28). The first-order valence-corrected chi connectivity index (χ1v) is 9.79. The van der Waals surface area contributed by atoms with Crippen LogP contribution in [0.5, 0.6) is 0 Å². The second-order valence-electron chi connectivity index (χ2n) is 7.75. The third-order valence-electron chi connectivity index (χ3n) is 5.68. The van der Waals surface area contributed by atoms with Crippen molar-refractivity contribution >= 4 is 28.8 Å². The van der Waals surface area contributed by atoms with E-state index in [1.54, 1.807) is 0 Å². The highest BCUT2D eigenvalue weighted by Gasteiger charge is 2.50. The molecule has 4 atom stereocenters. The molecule has 30 heavy (non-hydrogen) atoms. The summed E-state index contributed by atoms with van der Waals surface area (Å²) >= 11 is 0. The van der Waals surface area contributed by atoms with E-state index in [1.807, 2.05) is 43.1 Å². The fraction of sp³-hybridized carbons (Fsp3) is 0.333. The van der Waals surface area contributed by atoms with Crippen molar-refractivity contribution in [2.24, 2.45) is 11.8 Å². The smallest absolute Gasteiger partial charge is 0.269 e. The van der Waals surface area contributed by atoms with E-state index >= 15 is 0 Å². The van der Waals surface area contributed by atoms with Crippen molar-refractivity contribution in [1.29, 1.82) is 0 Å².